The van der Waals surface area contributed by atoms with Gasteiger partial charge in [0.1, 0.15) is 24.4 Å². The molecule has 0 fully saturated rings. The van der Waals surface area contributed by atoms with E-state index in [1.807, 2.05) is 27.0 Å². The molecule has 0 aromatic heterocycles. The molecule has 1 aromatic rings. The van der Waals surface area contributed by atoms with Gasteiger partial charge in [0.25, 0.3) is 0 Å². The highest BCUT2D eigenvalue weighted by Crippen LogP contribution is 2.16. The Bertz CT molecular complexity index is 819. The van der Waals surface area contributed by atoms with Gasteiger partial charge in [0.15, 0.2) is 0 Å². The molecule has 36 heavy (non-hydrogen) atoms. The number of hydrogen-bond donors (Lipinski definition) is 2. The van der Waals surface area contributed by atoms with Crippen molar-refractivity contribution in [1.29, 1.82) is 0 Å². The highest BCUT2D eigenvalue weighted by Gasteiger charge is 2.27. The minimum atomic E-state index is -0.866. The molecular weight excluding hydrogens is 506 g/mol. The Morgan fingerprint density at radius 1 is 1.14 bits per heavy atom. The molecule has 2 atom stereocenters. The van der Waals surface area contributed by atoms with Gasteiger partial charge in [-0.3, -0.25) is 9.59 Å². The molecule has 202 valence electrons. The van der Waals surface area contributed by atoms with Gasteiger partial charge in [0.05, 0.1) is 0 Å². The molecule has 0 radical (unpaired) electrons. The number of nitrogens with zero attached hydrogens (tertiary/aromatic N) is 1. The van der Waals surface area contributed by atoms with Crippen LogP contribution in [0.3, 0.4) is 0 Å². The summed E-state index contributed by atoms with van der Waals surface area (Å²) < 4.78 is 10.9. The highest BCUT2D eigenvalue weighted by molar-refractivity contribution is 7.98. The number of carbonyl (C=O) groups excluding carboxylic acids is 4. The van der Waals surface area contributed by atoms with E-state index in [1.54, 1.807) is 40.9 Å². The third kappa shape index (κ3) is 12.0. The molecule has 11 heteroatoms. The zero-order chi connectivity index (χ0) is 26.9. The summed E-state index contributed by atoms with van der Waals surface area (Å²) >= 11 is 7.31. The molecule has 0 aliphatic heterocycles. The summed E-state index contributed by atoms with van der Waals surface area (Å²) in [6.07, 6.45) is 3.59. The zero-order valence-corrected chi connectivity index (χ0v) is 23.0. The van der Waals surface area contributed by atoms with Crippen LogP contribution in [0, 0.1) is 5.92 Å². The predicted octanol–water partition coefficient (Wildman–Crippen LogP) is 3.58. The molecule has 0 unspecified atom stereocenters. The van der Waals surface area contributed by atoms with Crippen molar-refractivity contribution < 1.29 is 28.7 Å². The van der Waals surface area contributed by atoms with Gasteiger partial charge in [-0.2, -0.15) is 11.8 Å². The average molecular weight is 544 g/mol. The van der Waals surface area contributed by atoms with Gasteiger partial charge in [-0.05, 0) is 54.9 Å². The van der Waals surface area contributed by atoms with Crippen LogP contribution in [0.1, 0.15) is 45.6 Å². The number of rotatable bonds is 17. The number of carbonyl (C=O) groups is 4. The lowest BCUT2D eigenvalue weighted by molar-refractivity contribution is -0.140. The van der Waals surface area contributed by atoms with E-state index in [1.165, 1.54) is 0 Å². The lowest BCUT2D eigenvalue weighted by atomic mass is 10.0. The van der Waals surface area contributed by atoms with E-state index in [-0.39, 0.29) is 12.5 Å². The number of benzene rings is 1. The second-order valence-corrected chi connectivity index (χ2v) is 9.97. The molecule has 0 spiro atoms. The molecule has 0 aliphatic rings. The molecule has 0 bridgehead atoms. The SMILES string of the molecule is CCCN(CCCl)C(=O)OCc1ccc(OC(=O)[C@H](CC(C)C)NC(=O)[C@H](CCSC)NC=O)cc1. The van der Waals surface area contributed by atoms with Crippen LogP contribution in [0.15, 0.2) is 24.3 Å². The van der Waals surface area contributed by atoms with Gasteiger partial charge < -0.3 is 25.0 Å². The van der Waals surface area contributed by atoms with E-state index < -0.39 is 30.1 Å². The van der Waals surface area contributed by atoms with Crippen LogP contribution in [0.4, 0.5) is 4.79 Å². The first-order chi connectivity index (χ1) is 17.2. The number of esters is 1. The maximum Gasteiger partial charge on any atom is 0.410 e. The minimum Gasteiger partial charge on any atom is -0.445 e. The third-order valence-electron chi connectivity index (χ3n) is 5.11. The Hall–Kier alpha value is -2.46. The monoisotopic (exact) mass is 543 g/mol. The first kappa shape index (κ1) is 31.6. The summed E-state index contributed by atoms with van der Waals surface area (Å²) in [7, 11) is 0. The fraction of sp³-hybridized carbons (Fsp3) is 0.600. The second kappa shape index (κ2) is 17.9. The molecule has 0 heterocycles. The predicted molar refractivity (Wildman–Crippen MR) is 142 cm³/mol. The van der Waals surface area contributed by atoms with Crippen LogP contribution in [-0.4, -0.2) is 72.3 Å². The maximum atomic E-state index is 12.9. The molecule has 3 amide bonds. The van der Waals surface area contributed by atoms with E-state index in [2.05, 4.69) is 10.6 Å². The van der Waals surface area contributed by atoms with Gasteiger partial charge in [-0.15, -0.1) is 11.6 Å². The van der Waals surface area contributed by atoms with E-state index in [9.17, 15) is 19.2 Å². The van der Waals surface area contributed by atoms with Crippen LogP contribution in [-0.2, 0) is 25.7 Å². The molecule has 9 nitrogen and oxygen atoms in total. The van der Waals surface area contributed by atoms with Crippen molar-refractivity contribution in [2.24, 2.45) is 5.92 Å². The highest BCUT2D eigenvalue weighted by atomic mass is 35.5. The summed E-state index contributed by atoms with van der Waals surface area (Å²) in [5.41, 5.74) is 0.731. The Morgan fingerprint density at radius 3 is 2.39 bits per heavy atom. The Labute approximate surface area is 223 Å². The molecule has 2 N–H and O–H groups in total. The summed E-state index contributed by atoms with van der Waals surface area (Å²) in [6, 6.07) is 5.01. The lowest BCUT2D eigenvalue weighted by Gasteiger charge is -2.22. The van der Waals surface area contributed by atoms with Crippen molar-refractivity contribution in [3.05, 3.63) is 29.8 Å². The number of amides is 3. The number of hydrogen-bond acceptors (Lipinski definition) is 7. The molecule has 0 saturated carbocycles. The van der Waals surface area contributed by atoms with Crippen molar-refractivity contribution in [3.63, 3.8) is 0 Å². The van der Waals surface area contributed by atoms with Crippen molar-refractivity contribution >= 4 is 47.7 Å². The first-order valence-electron chi connectivity index (χ1n) is 12.0. The van der Waals surface area contributed by atoms with Crippen LogP contribution in [0.2, 0.25) is 0 Å². The van der Waals surface area contributed by atoms with Gasteiger partial charge >= 0.3 is 12.1 Å². The van der Waals surface area contributed by atoms with Crippen molar-refractivity contribution in [2.75, 3.05) is 31.0 Å². The number of ether oxygens (including phenoxy) is 2. The summed E-state index contributed by atoms with van der Waals surface area (Å²) in [5.74, 6) is 0.416. The van der Waals surface area contributed by atoms with Crippen LogP contribution < -0.4 is 15.4 Å². The quantitative estimate of drug-likeness (QED) is 0.134. The van der Waals surface area contributed by atoms with Crippen molar-refractivity contribution in [1.82, 2.24) is 15.5 Å². The van der Waals surface area contributed by atoms with Gasteiger partial charge in [0, 0.05) is 19.0 Å². The number of nitrogens with one attached hydrogen (secondary N) is 2. The first-order valence-corrected chi connectivity index (χ1v) is 14.0. The van der Waals surface area contributed by atoms with Gasteiger partial charge in [0.2, 0.25) is 12.3 Å². The Morgan fingerprint density at radius 2 is 1.83 bits per heavy atom. The smallest absolute Gasteiger partial charge is 0.410 e. The topological polar surface area (TPSA) is 114 Å². The molecule has 0 aliphatic carbocycles. The number of alkyl halides is 1. The molecular formula is C25H38ClN3O6S. The second-order valence-electron chi connectivity index (χ2n) is 8.60. The lowest BCUT2D eigenvalue weighted by Crippen LogP contribution is -2.51. The van der Waals surface area contributed by atoms with E-state index in [0.717, 1.165) is 12.0 Å². The fourth-order valence-corrected chi connectivity index (χ4v) is 3.98. The van der Waals surface area contributed by atoms with E-state index in [0.29, 0.717) is 49.7 Å². The summed E-state index contributed by atoms with van der Waals surface area (Å²) in [5, 5.41) is 5.23. The molecule has 1 rings (SSSR count). The number of thioether (sulfide) groups is 1. The van der Waals surface area contributed by atoms with E-state index in [4.69, 9.17) is 21.1 Å². The van der Waals surface area contributed by atoms with Gasteiger partial charge in [-0.1, -0.05) is 32.9 Å². The van der Waals surface area contributed by atoms with Crippen molar-refractivity contribution in [2.45, 2.75) is 58.7 Å². The van der Waals surface area contributed by atoms with Crippen LogP contribution in [0.25, 0.3) is 0 Å². The Balaban J connectivity index is 2.76. The minimum absolute atomic E-state index is 0.0722. The summed E-state index contributed by atoms with van der Waals surface area (Å²) in [6.45, 7) is 6.90. The average Bonchev–Trinajstić information content (AvgIpc) is 2.85. The molecule has 1 aromatic carbocycles. The van der Waals surface area contributed by atoms with Crippen LogP contribution in [0.5, 0.6) is 5.75 Å². The summed E-state index contributed by atoms with van der Waals surface area (Å²) in [4.78, 5) is 50.2. The van der Waals surface area contributed by atoms with E-state index >= 15 is 0 Å². The standard InChI is InChI=1S/C25H38ClN3O6S/c1-5-12-29(13-11-26)25(33)34-16-19-6-8-20(9-7-19)35-24(32)22(15-18(2)3)28-23(31)21(27-17-30)10-14-36-4/h6-9,17-18,21-22H,5,10-16H2,1-4H3,(H,27,30)(H,28,31)/t21-,22-/m0/s1. The fourth-order valence-electron chi connectivity index (χ4n) is 3.31. The van der Waals surface area contributed by atoms with Gasteiger partial charge in [-0.25, -0.2) is 9.59 Å². The molecule has 0 saturated heterocycles. The zero-order valence-electron chi connectivity index (χ0n) is 21.5. The largest absolute Gasteiger partial charge is 0.445 e. The van der Waals surface area contributed by atoms with Crippen molar-refractivity contribution in [3.8, 4) is 5.75 Å². The third-order valence-corrected chi connectivity index (χ3v) is 5.93. The maximum absolute atomic E-state index is 12.9. The van der Waals surface area contributed by atoms with Crippen LogP contribution >= 0.6 is 23.4 Å². The number of halogens is 1. The normalized spacial score (nSPS) is 12.4. The Kier molecular flexibility index (Phi) is 15.7.